The molecule has 17 heavy (non-hydrogen) atoms. The second-order valence-corrected chi connectivity index (χ2v) is 4.20. The molecule has 1 aromatic rings. The largest absolute Gasteiger partial charge is 0.317 e. The van der Waals surface area contributed by atoms with Crippen LogP contribution in [0.5, 0.6) is 0 Å². The maximum atomic E-state index is 10.9. The summed E-state index contributed by atoms with van der Waals surface area (Å²) in [6.45, 7) is 2.15. The molecule has 0 aliphatic heterocycles. The van der Waals surface area contributed by atoms with Crippen LogP contribution in [0.1, 0.15) is 31.7 Å². The first-order valence-electron chi connectivity index (χ1n) is 6.08. The van der Waals surface area contributed by atoms with Gasteiger partial charge in [-0.05, 0) is 26.3 Å². The van der Waals surface area contributed by atoms with Crippen molar-refractivity contribution >= 4 is 5.69 Å². The highest BCUT2D eigenvalue weighted by atomic mass is 16.6. The molecule has 0 fully saturated rings. The number of rotatable bonds is 7. The molecule has 0 saturated carbocycles. The van der Waals surface area contributed by atoms with Crippen molar-refractivity contribution in [3.05, 3.63) is 39.9 Å². The van der Waals surface area contributed by atoms with Gasteiger partial charge in [0.05, 0.1) is 4.92 Å². The summed E-state index contributed by atoms with van der Waals surface area (Å²) in [6.07, 6.45) is 3.93. The van der Waals surface area contributed by atoms with E-state index in [1.54, 1.807) is 12.1 Å². The summed E-state index contributed by atoms with van der Waals surface area (Å²) in [5.74, 6) is 0. The molecule has 1 atom stereocenters. The molecule has 0 saturated heterocycles. The normalized spacial score (nSPS) is 12.4. The molecular formula is C13H20N2O2. The fourth-order valence-corrected chi connectivity index (χ4v) is 2.01. The molecule has 4 heteroatoms. The van der Waals surface area contributed by atoms with Crippen LogP contribution in [0.3, 0.4) is 0 Å². The second-order valence-electron chi connectivity index (χ2n) is 4.20. The molecule has 0 heterocycles. The minimum Gasteiger partial charge on any atom is -0.317 e. The number of nitro groups is 1. The third-order valence-corrected chi connectivity index (χ3v) is 3.00. The Morgan fingerprint density at radius 3 is 2.65 bits per heavy atom. The lowest BCUT2D eigenvalue weighted by Crippen LogP contribution is -2.25. The van der Waals surface area contributed by atoms with Gasteiger partial charge in [-0.1, -0.05) is 31.5 Å². The molecule has 0 bridgehead atoms. The third-order valence-electron chi connectivity index (χ3n) is 3.00. The van der Waals surface area contributed by atoms with Crippen molar-refractivity contribution in [3.8, 4) is 0 Å². The minimum absolute atomic E-state index is 0.235. The highest BCUT2D eigenvalue weighted by molar-refractivity contribution is 5.39. The smallest absolute Gasteiger partial charge is 0.272 e. The van der Waals surface area contributed by atoms with Gasteiger partial charge in [-0.25, -0.2) is 0 Å². The molecule has 1 rings (SSSR count). The predicted octanol–water partition coefficient (Wildman–Crippen LogP) is 2.92. The maximum absolute atomic E-state index is 10.9. The fraction of sp³-hybridized carbons (Fsp3) is 0.538. The molecule has 0 aliphatic rings. The average Bonchev–Trinajstić information content (AvgIpc) is 2.34. The molecule has 0 radical (unpaired) electrons. The molecule has 1 unspecified atom stereocenters. The quantitative estimate of drug-likeness (QED) is 0.585. The van der Waals surface area contributed by atoms with E-state index in [1.165, 1.54) is 0 Å². The standard InChI is InChI=1S/C13H20N2O2/c1-3-6-12(14-2)10-9-11-7-4-5-8-13(11)15(16)17/h4-5,7-8,12,14H,3,6,9-10H2,1-2H3. The van der Waals surface area contributed by atoms with Crippen LogP contribution in [0.4, 0.5) is 5.69 Å². The van der Waals surface area contributed by atoms with Crippen LogP contribution in [-0.4, -0.2) is 18.0 Å². The lowest BCUT2D eigenvalue weighted by Gasteiger charge is -2.14. The van der Waals surface area contributed by atoms with Crippen molar-refractivity contribution in [2.75, 3.05) is 7.05 Å². The fourth-order valence-electron chi connectivity index (χ4n) is 2.01. The summed E-state index contributed by atoms with van der Waals surface area (Å²) in [7, 11) is 1.94. The van der Waals surface area contributed by atoms with E-state index < -0.39 is 0 Å². The van der Waals surface area contributed by atoms with Crippen LogP contribution in [0.2, 0.25) is 0 Å². The summed E-state index contributed by atoms with van der Waals surface area (Å²) < 4.78 is 0. The lowest BCUT2D eigenvalue weighted by molar-refractivity contribution is -0.385. The molecule has 0 aliphatic carbocycles. The zero-order valence-corrected chi connectivity index (χ0v) is 10.5. The Kier molecular flexibility index (Phi) is 5.63. The van der Waals surface area contributed by atoms with E-state index in [2.05, 4.69) is 12.2 Å². The Labute approximate surface area is 102 Å². The van der Waals surface area contributed by atoms with Crippen LogP contribution < -0.4 is 5.32 Å². The highest BCUT2D eigenvalue weighted by Crippen LogP contribution is 2.20. The van der Waals surface area contributed by atoms with E-state index >= 15 is 0 Å². The Bertz CT molecular complexity index is 366. The number of para-hydroxylation sites is 1. The van der Waals surface area contributed by atoms with Gasteiger partial charge in [-0.3, -0.25) is 10.1 Å². The van der Waals surface area contributed by atoms with Crippen LogP contribution >= 0.6 is 0 Å². The topological polar surface area (TPSA) is 55.2 Å². The summed E-state index contributed by atoms with van der Waals surface area (Å²) >= 11 is 0. The number of hydrogen-bond donors (Lipinski definition) is 1. The van der Waals surface area contributed by atoms with Gasteiger partial charge in [0.1, 0.15) is 0 Å². The van der Waals surface area contributed by atoms with E-state index in [9.17, 15) is 10.1 Å². The molecule has 94 valence electrons. The highest BCUT2D eigenvalue weighted by Gasteiger charge is 2.13. The summed E-state index contributed by atoms with van der Waals surface area (Å²) in [5.41, 5.74) is 1.06. The summed E-state index contributed by atoms with van der Waals surface area (Å²) in [5, 5.41) is 14.1. The maximum Gasteiger partial charge on any atom is 0.272 e. The van der Waals surface area contributed by atoms with E-state index in [0.717, 1.165) is 31.2 Å². The molecule has 1 aromatic carbocycles. The van der Waals surface area contributed by atoms with Gasteiger partial charge in [-0.15, -0.1) is 0 Å². The average molecular weight is 236 g/mol. The monoisotopic (exact) mass is 236 g/mol. The van der Waals surface area contributed by atoms with Crippen LogP contribution in [0.25, 0.3) is 0 Å². The summed E-state index contributed by atoms with van der Waals surface area (Å²) in [4.78, 5) is 10.5. The third kappa shape index (κ3) is 4.15. The molecule has 1 N–H and O–H groups in total. The number of aryl methyl sites for hydroxylation is 1. The lowest BCUT2D eigenvalue weighted by atomic mass is 10.0. The van der Waals surface area contributed by atoms with Gasteiger partial charge in [0.25, 0.3) is 5.69 Å². The Hall–Kier alpha value is -1.42. The van der Waals surface area contributed by atoms with Crippen molar-refractivity contribution in [3.63, 3.8) is 0 Å². The van der Waals surface area contributed by atoms with Crippen molar-refractivity contribution < 1.29 is 4.92 Å². The Balaban J connectivity index is 2.65. The van der Waals surface area contributed by atoms with Crippen molar-refractivity contribution in [2.24, 2.45) is 0 Å². The number of hydrogen-bond acceptors (Lipinski definition) is 3. The van der Waals surface area contributed by atoms with Crippen LogP contribution in [0.15, 0.2) is 24.3 Å². The number of nitrogens with zero attached hydrogens (tertiary/aromatic N) is 1. The van der Waals surface area contributed by atoms with E-state index in [1.807, 2.05) is 19.2 Å². The molecule has 0 spiro atoms. The van der Waals surface area contributed by atoms with Crippen molar-refractivity contribution in [1.82, 2.24) is 5.32 Å². The van der Waals surface area contributed by atoms with E-state index in [0.29, 0.717) is 6.04 Å². The van der Waals surface area contributed by atoms with Gasteiger partial charge in [-0.2, -0.15) is 0 Å². The second kappa shape index (κ2) is 7.01. The molecule has 0 aromatic heterocycles. The molecular weight excluding hydrogens is 216 g/mol. The number of benzene rings is 1. The van der Waals surface area contributed by atoms with Crippen molar-refractivity contribution in [1.29, 1.82) is 0 Å². The van der Waals surface area contributed by atoms with Crippen molar-refractivity contribution in [2.45, 2.75) is 38.6 Å². The van der Waals surface area contributed by atoms with Gasteiger partial charge < -0.3 is 5.32 Å². The van der Waals surface area contributed by atoms with Gasteiger partial charge in [0.2, 0.25) is 0 Å². The van der Waals surface area contributed by atoms with Crippen LogP contribution in [0, 0.1) is 10.1 Å². The number of nitro benzene ring substituents is 1. The van der Waals surface area contributed by atoms with Gasteiger partial charge in [0, 0.05) is 17.7 Å². The zero-order chi connectivity index (χ0) is 12.7. The predicted molar refractivity (Wildman–Crippen MR) is 69.2 cm³/mol. The first-order valence-corrected chi connectivity index (χ1v) is 6.08. The van der Waals surface area contributed by atoms with Crippen LogP contribution in [-0.2, 0) is 6.42 Å². The van der Waals surface area contributed by atoms with E-state index in [-0.39, 0.29) is 10.6 Å². The first kappa shape index (κ1) is 13.6. The summed E-state index contributed by atoms with van der Waals surface area (Å²) in [6, 6.07) is 7.43. The molecule has 0 amide bonds. The van der Waals surface area contributed by atoms with Gasteiger partial charge in [0.15, 0.2) is 0 Å². The van der Waals surface area contributed by atoms with E-state index in [4.69, 9.17) is 0 Å². The number of nitrogens with one attached hydrogen (secondary N) is 1. The minimum atomic E-state index is -0.302. The van der Waals surface area contributed by atoms with Gasteiger partial charge >= 0.3 is 0 Å². The Morgan fingerprint density at radius 1 is 1.35 bits per heavy atom. The zero-order valence-electron chi connectivity index (χ0n) is 10.5. The Morgan fingerprint density at radius 2 is 2.06 bits per heavy atom. The molecule has 4 nitrogen and oxygen atoms in total. The SMILES string of the molecule is CCCC(CCc1ccccc1[N+](=O)[O-])NC. The first-order chi connectivity index (χ1) is 8.19.